The van der Waals surface area contributed by atoms with Gasteiger partial charge in [-0.15, -0.1) is 0 Å². The Morgan fingerprint density at radius 2 is 2.15 bits per heavy atom. The van der Waals surface area contributed by atoms with Crippen LogP contribution in [0.15, 0.2) is 30.6 Å². The Labute approximate surface area is 79.3 Å². The summed E-state index contributed by atoms with van der Waals surface area (Å²) in [6, 6.07) is 3.73. The fraction of sp³-hybridized carbons (Fsp3) is 0.273. The zero-order chi connectivity index (χ0) is 10.1. The molecule has 2 nitrogen and oxygen atoms in total. The second-order valence-corrected chi connectivity index (χ2v) is 2.23. The van der Waals surface area contributed by atoms with Crippen LogP contribution in [0.5, 0.6) is 0 Å². The summed E-state index contributed by atoms with van der Waals surface area (Å²) in [5.74, 6) is 0.0499. The lowest BCUT2D eigenvalue weighted by Gasteiger charge is -1.87. The number of hydrogen-bond donors (Lipinski definition) is 0. The zero-order valence-corrected chi connectivity index (χ0v) is 8.32. The number of pyridine rings is 1. The van der Waals surface area contributed by atoms with Crippen LogP contribution in [0.2, 0.25) is 0 Å². The Morgan fingerprint density at radius 1 is 1.46 bits per heavy atom. The van der Waals surface area contributed by atoms with E-state index in [-0.39, 0.29) is 5.78 Å². The lowest BCUT2D eigenvalue weighted by Crippen LogP contribution is -1.80. The second-order valence-electron chi connectivity index (χ2n) is 2.23. The van der Waals surface area contributed by atoms with E-state index in [4.69, 9.17) is 0 Å². The highest BCUT2D eigenvalue weighted by molar-refractivity contribution is 5.91. The Kier molecular flexibility index (Phi) is 6.42. The van der Waals surface area contributed by atoms with Crippen molar-refractivity contribution in [2.75, 3.05) is 0 Å². The Bertz CT molecular complexity index is 265. The molecule has 0 aliphatic carbocycles. The van der Waals surface area contributed by atoms with Crippen molar-refractivity contribution in [1.82, 2.24) is 4.98 Å². The van der Waals surface area contributed by atoms with E-state index >= 15 is 0 Å². The molecule has 0 unspecified atom stereocenters. The van der Waals surface area contributed by atoms with Crippen LogP contribution in [0.1, 0.15) is 26.3 Å². The van der Waals surface area contributed by atoms with Crippen molar-refractivity contribution in [2.45, 2.75) is 20.8 Å². The number of ketones is 1. The molecule has 0 spiro atoms. The normalized spacial score (nSPS) is 9.15. The maximum atomic E-state index is 10.5. The Balaban J connectivity index is 0.000000671. The summed E-state index contributed by atoms with van der Waals surface area (Å²) in [5.41, 5.74) is 0.947. The molecule has 0 atom stereocenters. The number of rotatable bonds is 2. The van der Waals surface area contributed by atoms with Crippen molar-refractivity contribution in [3.63, 3.8) is 0 Å². The molecule has 13 heavy (non-hydrogen) atoms. The number of hydrogen-bond acceptors (Lipinski definition) is 2. The first-order valence-corrected chi connectivity index (χ1v) is 4.38. The molecule has 0 radical (unpaired) electrons. The smallest absolute Gasteiger partial charge is 0.152 e. The summed E-state index contributed by atoms with van der Waals surface area (Å²) in [5, 5.41) is 0. The number of carbonyl (C=O) groups excluding carboxylic acids is 1. The molecule has 0 saturated heterocycles. The summed E-state index contributed by atoms with van der Waals surface area (Å²) in [6.45, 7) is 5.52. The van der Waals surface area contributed by atoms with Gasteiger partial charge in [0.15, 0.2) is 5.78 Å². The minimum atomic E-state index is 0.0499. The van der Waals surface area contributed by atoms with Gasteiger partial charge >= 0.3 is 0 Å². The monoisotopic (exact) mass is 177 g/mol. The van der Waals surface area contributed by atoms with Gasteiger partial charge in [0.25, 0.3) is 0 Å². The van der Waals surface area contributed by atoms with E-state index in [2.05, 4.69) is 4.98 Å². The van der Waals surface area contributed by atoms with Gasteiger partial charge in [-0.3, -0.25) is 9.78 Å². The average Bonchev–Trinajstić information content (AvgIpc) is 2.19. The Hall–Kier alpha value is -1.44. The summed E-state index contributed by atoms with van der Waals surface area (Å²) in [7, 11) is 0. The summed E-state index contributed by atoms with van der Waals surface area (Å²) >= 11 is 0. The van der Waals surface area contributed by atoms with Gasteiger partial charge in [-0.2, -0.15) is 0 Å². The van der Waals surface area contributed by atoms with E-state index < -0.39 is 0 Å². The molecule has 0 aliphatic heterocycles. The van der Waals surface area contributed by atoms with E-state index in [9.17, 15) is 4.79 Å². The molecular formula is C11H15NO. The Morgan fingerprint density at radius 3 is 2.62 bits per heavy atom. The highest BCUT2D eigenvalue weighted by Crippen LogP contribution is 1.97. The molecule has 0 N–H and O–H groups in total. The second kappa shape index (κ2) is 7.22. The predicted octanol–water partition coefficient (Wildman–Crippen LogP) is 2.71. The molecule has 70 valence electrons. The first-order chi connectivity index (χ1) is 6.29. The fourth-order valence-corrected chi connectivity index (χ4v) is 0.688. The van der Waals surface area contributed by atoms with Crippen molar-refractivity contribution in [3.05, 3.63) is 36.2 Å². The molecule has 1 heterocycles. The summed E-state index contributed by atoms with van der Waals surface area (Å²) in [4.78, 5) is 14.4. The van der Waals surface area contributed by atoms with Crippen LogP contribution >= 0.6 is 0 Å². The minimum absolute atomic E-state index is 0.0499. The molecule has 1 rings (SSSR count). The van der Waals surface area contributed by atoms with E-state index in [1.54, 1.807) is 18.5 Å². The molecule has 1 aromatic heterocycles. The first-order valence-electron chi connectivity index (χ1n) is 4.38. The van der Waals surface area contributed by atoms with E-state index in [0.717, 1.165) is 5.56 Å². The van der Waals surface area contributed by atoms with Crippen LogP contribution in [-0.2, 0) is 4.79 Å². The third-order valence-electron chi connectivity index (χ3n) is 1.19. The van der Waals surface area contributed by atoms with Crippen LogP contribution in [0, 0.1) is 0 Å². The SMILES string of the molecule is CC.CC(=O)/C=C/c1cccnc1. The number of allylic oxidation sites excluding steroid dienone is 1. The molecule has 2 heteroatoms. The maximum absolute atomic E-state index is 10.5. The van der Waals surface area contributed by atoms with Gasteiger partial charge in [0.1, 0.15) is 0 Å². The van der Waals surface area contributed by atoms with Gasteiger partial charge < -0.3 is 0 Å². The molecule has 0 aromatic carbocycles. The lowest BCUT2D eigenvalue weighted by molar-refractivity contribution is -0.112. The van der Waals surface area contributed by atoms with Crippen LogP contribution in [0.25, 0.3) is 6.08 Å². The van der Waals surface area contributed by atoms with Crippen LogP contribution in [0.3, 0.4) is 0 Å². The number of aromatic nitrogens is 1. The molecule has 0 fully saturated rings. The summed E-state index contributed by atoms with van der Waals surface area (Å²) in [6.07, 6.45) is 6.68. The van der Waals surface area contributed by atoms with Gasteiger partial charge in [0, 0.05) is 12.4 Å². The van der Waals surface area contributed by atoms with Crippen molar-refractivity contribution >= 4 is 11.9 Å². The quantitative estimate of drug-likeness (QED) is 0.650. The molecule has 1 aromatic rings. The number of carbonyl (C=O) groups is 1. The standard InChI is InChI=1S/C9H9NO.C2H6/c1-8(11)4-5-9-3-2-6-10-7-9;1-2/h2-7H,1H3;1-2H3/b5-4+;. The molecule has 0 bridgehead atoms. The molecular weight excluding hydrogens is 162 g/mol. The number of nitrogens with zero attached hydrogens (tertiary/aromatic N) is 1. The van der Waals surface area contributed by atoms with Crippen LogP contribution in [0.4, 0.5) is 0 Å². The van der Waals surface area contributed by atoms with Crippen molar-refractivity contribution < 1.29 is 4.79 Å². The van der Waals surface area contributed by atoms with Gasteiger partial charge in [-0.25, -0.2) is 0 Å². The molecule has 0 aliphatic rings. The third-order valence-corrected chi connectivity index (χ3v) is 1.19. The lowest BCUT2D eigenvalue weighted by atomic mass is 10.2. The van der Waals surface area contributed by atoms with E-state index in [0.29, 0.717) is 0 Å². The van der Waals surface area contributed by atoms with Gasteiger partial charge in [0.05, 0.1) is 0 Å². The highest BCUT2D eigenvalue weighted by Gasteiger charge is 1.84. The van der Waals surface area contributed by atoms with Crippen molar-refractivity contribution in [1.29, 1.82) is 0 Å². The highest BCUT2D eigenvalue weighted by atomic mass is 16.1. The molecule has 0 saturated carbocycles. The summed E-state index contributed by atoms with van der Waals surface area (Å²) < 4.78 is 0. The van der Waals surface area contributed by atoms with Gasteiger partial charge in [0.2, 0.25) is 0 Å². The predicted molar refractivity (Wildman–Crippen MR) is 55.3 cm³/mol. The topological polar surface area (TPSA) is 30.0 Å². The van der Waals surface area contributed by atoms with Crippen molar-refractivity contribution in [2.24, 2.45) is 0 Å². The van der Waals surface area contributed by atoms with Gasteiger partial charge in [-0.05, 0) is 30.7 Å². The van der Waals surface area contributed by atoms with Crippen molar-refractivity contribution in [3.8, 4) is 0 Å². The van der Waals surface area contributed by atoms with Crippen LogP contribution in [-0.4, -0.2) is 10.8 Å². The largest absolute Gasteiger partial charge is 0.295 e. The van der Waals surface area contributed by atoms with E-state index in [1.165, 1.54) is 13.0 Å². The van der Waals surface area contributed by atoms with Crippen LogP contribution < -0.4 is 0 Å². The van der Waals surface area contributed by atoms with E-state index in [1.807, 2.05) is 26.0 Å². The maximum Gasteiger partial charge on any atom is 0.152 e. The zero-order valence-electron chi connectivity index (χ0n) is 8.32. The fourth-order valence-electron chi connectivity index (χ4n) is 0.688. The van der Waals surface area contributed by atoms with Gasteiger partial charge in [-0.1, -0.05) is 19.9 Å². The third kappa shape index (κ3) is 5.79. The first kappa shape index (κ1) is 11.6. The molecule has 0 amide bonds. The average molecular weight is 177 g/mol. The minimum Gasteiger partial charge on any atom is -0.295 e.